The van der Waals surface area contributed by atoms with Crippen LogP contribution in [0.25, 0.3) is 44.5 Å². The average molecular weight is 691 g/mol. The van der Waals surface area contributed by atoms with Gasteiger partial charge >= 0.3 is 0 Å². The number of nitrogens with zero attached hydrogens (tertiary/aromatic N) is 2. The first kappa shape index (κ1) is 34.0. The number of phenolic OH excluding ortho intramolecular Hbond substituents is 1. The molecule has 260 valence electrons. The molecular formula is C43H38N4O5. The minimum atomic E-state index is -0.948. The zero-order valence-electron chi connectivity index (χ0n) is 28.9. The van der Waals surface area contributed by atoms with Crippen molar-refractivity contribution in [2.45, 2.75) is 45.2 Å². The van der Waals surface area contributed by atoms with Crippen LogP contribution in [0.2, 0.25) is 0 Å². The van der Waals surface area contributed by atoms with Crippen LogP contribution in [0.5, 0.6) is 5.75 Å². The van der Waals surface area contributed by atoms with Crippen molar-refractivity contribution in [1.29, 1.82) is 0 Å². The number of nitrogens with one attached hydrogen (secondary N) is 1. The molecule has 2 atom stereocenters. The highest BCUT2D eigenvalue weighted by molar-refractivity contribution is 5.98. The lowest BCUT2D eigenvalue weighted by atomic mass is 10.0. The summed E-state index contributed by atoms with van der Waals surface area (Å²) in [4.78, 5) is 43.7. The van der Waals surface area contributed by atoms with Crippen LogP contribution in [0.1, 0.15) is 53.6 Å². The van der Waals surface area contributed by atoms with Gasteiger partial charge in [-0.1, -0.05) is 85.8 Å². The summed E-state index contributed by atoms with van der Waals surface area (Å²) in [5.41, 5.74) is 12.6. The monoisotopic (exact) mass is 690 g/mol. The third-order valence-corrected chi connectivity index (χ3v) is 9.52. The van der Waals surface area contributed by atoms with E-state index in [1.165, 1.54) is 23.8 Å². The number of carbonyl (C=O) groups excluding carboxylic acids is 2. The number of aromatic hydroxyl groups is 1. The first-order chi connectivity index (χ1) is 25.2. The van der Waals surface area contributed by atoms with E-state index >= 15 is 0 Å². The number of hydrogen-bond acceptors (Lipinski definition) is 6. The SMILES string of the molecule is CCC(C)n1c(Cc2ccc(-c3ccccc3)cc2)nc2cc3c(=O)cc(-c4ccc(C(=O)N[C@@H](Cc5ccc(O)cc5)C(N)=O)cc4)oc3cc21. The van der Waals surface area contributed by atoms with Crippen molar-refractivity contribution in [2.75, 3.05) is 0 Å². The molecule has 0 aliphatic carbocycles. The summed E-state index contributed by atoms with van der Waals surface area (Å²) in [5.74, 6) is 0.222. The van der Waals surface area contributed by atoms with Crippen molar-refractivity contribution in [3.05, 3.63) is 154 Å². The Balaban J connectivity index is 1.15. The molecule has 9 heteroatoms. The maximum Gasteiger partial charge on any atom is 0.251 e. The van der Waals surface area contributed by atoms with Gasteiger partial charge in [0.25, 0.3) is 5.91 Å². The summed E-state index contributed by atoms with van der Waals surface area (Å²) in [6.45, 7) is 4.30. The molecule has 2 amide bonds. The number of nitrogens with two attached hydrogens (primary N) is 1. The van der Waals surface area contributed by atoms with Gasteiger partial charge in [0.05, 0.1) is 16.4 Å². The second-order valence-electron chi connectivity index (χ2n) is 13.1. The van der Waals surface area contributed by atoms with E-state index in [1.54, 1.807) is 36.4 Å². The van der Waals surface area contributed by atoms with Gasteiger partial charge in [0, 0.05) is 42.1 Å². The topological polar surface area (TPSA) is 140 Å². The molecule has 9 nitrogen and oxygen atoms in total. The molecule has 0 saturated heterocycles. The Labute approximate surface area is 300 Å². The molecule has 0 saturated carbocycles. The van der Waals surface area contributed by atoms with Crippen molar-refractivity contribution in [3.8, 4) is 28.2 Å². The molecule has 2 heterocycles. The van der Waals surface area contributed by atoms with E-state index in [0.717, 1.165) is 40.0 Å². The van der Waals surface area contributed by atoms with E-state index in [-0.39, 0.29) is 23.6 Å². The lowest BCUT2D eigenvalue weighted by molar-refractivity contribution is -0.119. The molecule has 0 fully saturated rings. The van der Waals surface area contributed by atoms with Crippen molar-refractivity contribution in [1.82, 2.24) is 14.9 Å². The number of carbonyl (C=O) groups is 2. The van der Waals surface area contributed by atoms with Crippen LogP contribution in [0.4, 0.5) is 0 Å². The molecule has 7 rings (SSSR count). The summed E-state index contributed by atoms with van der Waals surface area (Å²) in [6.07, 6.45) is 1.70. The van der Waals surface area contributed by atoms with Crippen LogP contribution >= 0.6 is 0 Å². The number of imidazole rings is 1. The molecule has 0 radical (unpaired) electrons. The van der Waals surface area contributed by atoms with Crippen molar-refractivity contribution in [3.63, 3.8) is 0 Å². The molecule has 7 aromatic rings. The van der Waals surface area contributed by atoms with Crippen molar-refractivity contribution < 1.29 is 19.1 Å². The third kappa shape index (κ3) is 7.07. The average Bonchev–Trinajstić information content (AvgIpc) is 3.51. The minimum Gasteiger partial charge on any atom is -0.508 e. The molecule has 0 spiro atoms. The lowest BCUT2D eigenvalue weighted by Gasteiger charge is -2.16. The Hall–Kier alpha value is -6.48. The summed E-state index contributed by atoms with van der Waals surface area (Å²) in [7, 11) is 0. The number of hydrogen-bond donors (Lipinski definition) is 3. The largest absolute Gasteiger partial charge is 0.508 e. The number of phenols is 1. The van der Waals surface area contributed by atoms with E-state index in [9.17, 15) is 19.5 Å². The maximum absolute atomic E-state index is 13.5. The van der Waals surface area contributed by atoms with Gasteiger partial charge in [-0.25, -0.2) is 4.98 Å². The number of aromatic nitrogens is 2. The first-order valence-electron chi connectivity index (χ1n) is 17.3. The van der Waals surface area contributed by atoms with Gasteiger partial charge in [-0.05, 0) is 65.9 Å². The fourth-order valence-corrected chi connectivity index (χ4v) is 6.48. The van der Waals surface area contributed by atoms with Crippen LogP contribution in [0, 0.1) is 0 Å². The van der Waals surface area contributed by atoms with Gasteiger partial charge in [0.1, 0.15) is 29.0 Å². The molecule has 52 heavy (non-hydrogen) atoms. The predicted molar refractivity (Wildman–Crippen MR) is 203 cm³/mol. The minimum absolute atomic E-state index is 0.0998. The molecular weight excluding hydrogens is 652 g/mol. The first-order valence-corrected chi connectivity index (χ1v) is 17.3. The number of rotatable bonds is 11. The van der Waals surface area contributed by atoms with Gasteiger partial charge in [0.15, 0.2) is 5.43 Å². The summed E-state index contributed by atoms with van der Waals surface area (Å²) in [5, 5.41) is 12.7. The van der Waals surface area contributed by atoms with E-state index < -0.39 is 17.9 Å². The van der Waals surface area contributed by atoms with Crippen molar-refractivity contribution >= 4 is 33.8 Å². The Kier molecular flexibility index (Phi) is 9.41. The van der Waals surface area contributed by atoms with Gasteiger partial charge in [0.2, 0.25) is 5.91 Å². The molecule has 2 aromatic heterocycles. The number of amides is 2. The third-order valence-electron chi connectivity index (χ3n) is 9.52. The fraction of sp³-hybridized carbons (Fsp3) is 0.163. The van der Waals surface area contributed by atoms with Crippen molar-refractivity contribution in [2.24, 2.45) is 5.73 Å². The Morgan fingerprint density at radius 2 is 1.50 bits per heavy atom. The Morgan fingerprint density at radius 3 is 2.17 bits per heavy atom. The summed E-state index contributed by atoms with van der Waals surface area (Å²) < 4.78 is 8.58. The second kappa shape index (κ2) is 14.4. The van der Waals surface area contributed by atoms with Gasteiger partial charge in [-0.15, -0.1) is 0 Å². The lowest BCUT2D eigenvalue weighted by Crippen LogP contribution is -2.45. The van der Waals surface area contributed by atoms with E-state index in [4.69, 9.17) is 15.1 Å². The smallest absolute Gasteiger partial charge is 0.251 e. The van der Waals surface area contributed by atoms with Gasteiger partial charge in [-0.3, -0.25) is 14.4 Å². The Morgan fingerprint density at radius 1 is 0.846 bits per heavy atom. The van der Waals surface area contributed by atoms with Crippen LogP contribution in [-0.4, -0.2) is 32.5 Å². The molecule has 4 N–H and O–H groups in total. The van der Waals surface area contributed by atoms with E-state index in [1.807, 2.05) is 30.3 Å². The molecule has 5 aromatic carbocycles. The van der Waals surface area contributed by atoms with E-state index in [2.05, 4.69) is 60.1 Å². The van der Waals surface area contributed by atoms with Crippen LogP contribution in [-0.2, 0) is 17.6 Å². The van der Waals surface area contributed by atoms with Crippen LogP contribution in [0.15, 0.2) is 131 Å². The summed E-state index contributed by atoms with van der Waals surface area (Å²) in [6, 6.07) is 36.1. The second-order valence-corrected chi connectivity index (χ2v) is 13.1. The molecule has 0 aliphatic rings. The summed E-state index contributed by atoms with van der Waals surface area (Å²) >= 11 is 0. The number of benzene rings is 5. The molecule has 0 aliphatic heterocycles. The highest BCUT2D eigenvalue weighted by atomic mass is 16.3. The zero-order valence-corrected chi connectivity index (χ0v) is 28.9. The highest BCUT2D eigenvalue weighted by Crippen LogP contribution is 2.30. The van der Waals surface area contributed by atoms with Gasteiger partial charge < -0.3 is 25.1 Å². The highest BCUT2D eigenvalue weighted by Gasteiger charge is 2.21. The van der Waals surface area contributed by atoms with Crippen LogP contribution in [0.3, 0.4) is 0 Å². The fourth-order valence-electron chi connectivity index (χ4n) is 6.48. The standard InChI is InChI=1S/C43H38N4O5/c1-3-26(2)47-37-24-40-34(23-35(37)45-41(47)22-28-9-13-30(14-10-28)29-7-5-4-6-8-29)38(49)25-39(52-40)31-15-17-32(18-16-31)43(51)46-36(42(44)50)21-27-11-19-33(48)20-12-27/h4-20,23-26,36,48H,3,21-22H2,1-2H3,(H2,44,50)(H,46,51)/t26?,36-/m0/s1. The van der Waals surface area contributed by atoms with E-state index in [0.29, 0.717) is 34.3 Å². The number of primary amides is 1. The predicted octanol–water partition coefficient (Wildman–Crippen LogP) is 7.57. The zero-order chi connectivity index (χ0) is 36.4. The normalized spacial score (nSPS) is 12.5. The maximum atomic E-state index is 13.5. The van der Waals surface area contributed by atoms with Gasteiger partial charge in [-0.2, -0.15) is 0 Å². The quantitative estimate of drug-likeness (QED) is 0.128. The van der Waals surface area contributed by atoms with Crippen LogP contribution < -0.4 is 16.5 Å². The molecule has 1 unspecified atom stereocenters. The number of fused-ring (bicyclic) bond motifs is 2. The molecule has 0 bridgehead atoms. The Bertz CT molecular complexity index is 2450.